The number of nitrogens with one attached hydrogen (secondary N) is 2. The summed E-state index contributed by atoms with van der Waals surface area (Å²) in [5, 5.41) is 17.3. The zero-order chi connectivity index (χ0) is 22.5. The average Bonchev–Trinajstić information content (AvgIpc) is 2.78. The molecule has 0 aliphatic carbocycles. The number of rotatable bonds is 13. The SMILES string of the molecule is CCCN(CC(O)C(Cc1ccccc1)NC(=O)CCC(=O)NC)SC1=CCC=CO1. The Morgan fingerprint density at radius 1 is 1.23 bits per heavy atom. The Morgan fingerprint density at radius 3 is 2.61 bits per heavy atom. The molecule has 0 radical (unpaired) electrons. The zero-order valence-corrected chi connectivity index (χ0v) is 19.1. The van der Waals surface area contributed by atoms with Gasteiger partial charge < -0.3 is 20.5 Å². The number of benzene rings is 1. The smallest absolute Gasteiger partial charge is 0.220 e. The van der Waals surface area contributed by atoms with Gasteiger partial charge in [0.15, 0.2) is 5.09 Å². The molecule has 8 heteroatoms. The van der Waals surface area contributed by atoms with E-state index in [4.69, 9.17) is 4.74 Å². The summed E-state index contributed by atoms with van der Waals surface area (Å²) in [4.78, 5) is 23.9. The molecule has 3 N–H and O–H groups in total. The molecule has 31 heavy (non-hydrogen) atoms. The molecule has 0 bridgehead atoms. The number of hydrogen-bond acceptors (Lipinski definition) is 6. The van der Waals surface area contributed by atoms with Gasteiger partial charge in [0.25, 0.3) is 0 Å². The van der Waals surface area contributed by atoms with Crippen LogP contribution in [0.5, 0.6) is 0 Å². The first-order valence-corrected chi connectivity index (χ1v) is 11.5. The summed E-state index contributed by atoms with van der Waals surface area (Å²) in [6.07, 6.45) is 7.27. The van der Waals surface area contributed by atoms with Gasteiger partial charge in [-0.2, -0.15) is 0 Å². The fourth-order valence-corrected chi connectivity index (χ4v) is 4.14. The van der Waals surface area contributed by atoms with E-state index in [2.05, 4.69) is 21.9 Å². The van der Waals surface area contributed by atoms with Gasteiger partial charge in [-0.3, -0.25) is 9.59 Å². The largest absolute Gasteiger partial charge is 0.457 e. The van der Waals surface area contributed by atoms with Crippen LogP contribution >= 0.6 is 11.9 Å². The summed E-state index contributed by atoms with van der Waals surface area (Å²) >= 11 is 1.47. The van der Waals surface area contributed by atoms with E-state index in [1.807, 2.05) is 42.5 Å². The highest BCUT2D eigenvalue weighted by Crippen LogP contribution is 2.26. The summed E-state index contributed by atoms with van der Waals surface area (Å²) in [5.74, 6) is -0.433. The van der Waals surface area contributed by atoms with Crippen LogP contribution in [0.1, 0.15) is 38.2 Å². The second kappa shape index (κ2) is 13.9. The van der Waals surface area contributed by atoms with Gasteiger partial charge in [0.1, 0.15) is 0 Å². The van der Waals surface area contributed by atoms with E-state index in [-0.39, 0.29) is 24.7 Å². The first-order valence-electron chi connectivity index (χ1n) is 10.7. The minimum atomic E-state index is -0.789. The van der Waals surface area contributed by atoms with Crippen molar-refractivity contribution in [3.63, 3.8) is 0 Å². The van der Waals surface area contributed by atoms with Gasteiger partial charge in [0.2, 0.25) is 11.8 Å². The Bertz CT molecular complexity index is 754. The normalized spacial score (nSPS) is 15.0. The van der Waals surface area contributed by atoms with Crippen molar-refractivity contribution in [2.75, 3.05) is 20.1 Å². The molecule has 1 heterocycles. The van der Waals surface area contributed by atoms with Crippen LogP contribution in [0.25, 0.3) is 0 Å². The van der Waals surface area contributed by atoms with Crippen molar-refractivity contribution in [3.05, 3.63) is 59.4 Å². The Labute approximate surface area is 189 Å². The van der Waals surface area contributed by atoms with Crippen LogP contribution in [-0.4, -0.2) is 53.5 Å². The predicted molar refractivity (Wildman–Crippen MR) is 124 cm³/mol. The quantitative estimate of drug-likeness (QED) is 0.403. The zero-order valence-electron chi connectivity index (χ0n) is 18.3. The number of ether oxygens (including phenoxy) is 1. The number of nitrogens with zero attached hydrogens (tertiary/aromatic N) is 1. The predicted octanol–water partition coefficient (Wildman–Crippen LogP) is 2.74. The van der Waals surface area contributed by atoms with Crippen LogP contribution < -0.4 is 10.6 Å². The van der Waals surface area contributed by atoms with Crippen molar-refractivity contribution >= 4 is 23.8 Å². The summed E-state index contributed by atoms with van der Waals surface area (Å²) in [7, 11) is 1.55. The Hall–Kier alpha value is -2.29. The first kappa shape index (κ1) is 25.0. The van der Waals surface area contributed by atoms with Crippen LogP contribution in [-0.2, 0) is 20.7 Å². The van der Waals surface area contributed by atoms with Crippen molar-refractivity contribution in [2.45, 2.75) is 51.2 Å². The lowest BCUT2D eigenvalue weighted by atomic mass is 10.0. The number of hydrogen-bond donors (Lipinski definition) is 3. The lowest BCUT2D eigenvalue weighted by Gasteiger charge is -2.29. The molecule has 0 saturated carbocycles. The maximum atomic E-state index is 12.4. The Balaban J connectivity index is 2.03. The van der Waals surface area contributed by atoms with Crippen LogP contribution in [0.4, 0.5) is 0 Å². The van der Waals surface area contributed by atoms with Crippen LogP contribution in [0.3, 0.4) is 0 Å². The van der Waals surface area contributed by atoms with E-state index >= 15 is 0 Å². The van der Waals surface area contributed by atoms with E-state index in [0.29, 0.717) is 13.0 Å². The summed E-state index contributed by atoms with van der Waals surface area (Å²) in [6.45, 7) is 3.23. The van der Waals surface area contributed by atoms with Crippen molar-refractivity contribution in [3.8, 4) is 0 Å². The highest BCUT2D eigenvalue weighted by atomic mass is 32.2. The summed E-state index contributed by atoms with van der Waals surface area (Å²) in [5.41, 5.74) is 1.02. The Kier molecular flexibility index (Phi) is 11.2. The van der Waals surface area contributed by atoms with Gasteiger partial charge in [0.05, 0.1) is 18.4 Å². The standard InChI is InChI=1S/C23H33N3O4S/c1-3-14-26(31-23-11-7-8-15-30-23)17-20(27)19(16-18-9-5-4-6-10-18)25-22(29)13-12-21(28)24-2/h4-6,8-11,15,19-20,27H,3,7,12-14,16-17H2,1-2H3,(H,24,28)(H,25,29). The molecule has 2 atom stereocenters. The van der Waals surface area contributed by atoms with Crippen molar-refractivity contribution in [2.24, 2.45) is 0 Å². The van der Waals surface area contributed by atoms with Gasteiger partial charge in [-0.15, -0.1) is 0 Å². The maximum Gasteiger partial charge on any atom is 0.220 e. The molecule has 2 amide bonds. The van der Waals surface area contributed by atoms with E-state index in [1.54, 1.807) is 13.3 Å². The highest BCUT2D eigenvalue weighted by molar-refractivity contribution is 8.00. The molecule has 0 spiro atoms. The lowest BCUT2D eigenvalue weighted by molar-refractivity contribution is -0.127. The third-order valence-electron chi connectivity index (χ3n) is 4.75. The first-order chi connectivity index (χ1) is 15.0. The molecular weight excluding hydrogens is 414 g/mol. The molecule has 1 aromatic rings. The van der Waals surface area contributed by atoms with E-state index in [0.717, 1.165) is 30.0 Å². The molecule has 1 aliphatic heterocycles. The summed E-state index contributed by atoms with van der Waals surface area (Å²) in [6, 6.07) is 9.28. The number of aliphatic hydroxyl groups excluding tert-OH is 1. The number of carbonyl (C=O) groups is 2. The minimum absolute atomic E-state index is 0.0815. The maximum absolute atomic E-state index is 12.4. The van der Waals surface area contributed by atoms with Gasteiger partial charge in [-0.05, 0) is 48.9 Å². The number of carbonyl (C=O) groups excluding carboxylic acids is 2. The minimum Gasteiger partial charge on any atom is -0.457 e. The van der Waals surface area contributed by atoms with Crippen LogP contribution in [0.2, 0.25) is 0 Å². The second-order valence-corrected chi connectivity index (χ2v) is 8.43. The monoisotopic (exact) mass is 447 g/mol. The van der Waals surface area contributed by atoms with Gasteiger partial charge >= 0.3 is 0 Å². The average molecular weight is 448 g/mol. The van der Waals surface area contributed by atoms with Crippen molar-refractivity contribution in [1.82, 2.24) is 14.9 Å². The lowest BCUT2D eigenvalue weighted by Crippen LogP contribution is -2.48. The molecule has 2 rings (SSSR count). The third-order valence-corrected chi connectivity index (χ3v) is 5.78. The third kappa shape index (κ3) is 9.59. The fraction of sp³-hybridized carbons (Fsp3) is 0.478. The molecule has 0 saturated heterocycles. The number of amides is 2. The molecule has 1 aliphatic rings. The van der Waals surface area contributed by atoms with Crippen LogP contribution in [0, 0.1) is 0 Å². The summed E-state index contributed by atoms with van der Waals surface area (Å²) < 4.78 is 7.59. The van der Waals surface area contributed by atoms with Gasteiger partial charge in [-0.1, -0.05) is 37.3 Å². The Morgan fingerprint density at radius 2 is 1.97 bits per heavy atom. The van der Waals surface area contributed by atoms with E-state index < -0.39 is 12.1 Å². The van der Waals surface area contributed by atoms with E-state index in [9.17, 15) is 14.7 Å². The molecule has 0 aromatic heterocycles. The van der Waals surface area contributed by atoms with Crippen molar-refractivity contribution < 1.29 is 19.4 Å². The number of aliphatic hydroxyl groups is 1. The fourth-order valence-electron chi connectivity index (χ4n) is 3.11. The number of allylic oxidation sites excluding steroid dienone is 2. The van der Waals surface area contributed by atoms with Crippen LogP contribution in [0.15, 0.2) is 53.8 Å². The van der Waals surface area contributed by atoms with Gasteiger partial charge in [0, 0.05) is 33.0 Å². The van der Waals surface area contributed by atoms with E-state index in [1.165, 1.54) is 11.9 Å². The topological polar surface area (TPSA) is 90.9 Å². The molecule has 7 nitrogen and oxygen atoms in total. The second-order valence-electron chi connectivity index (χ2n) is 7.33. The van der Waals surface area contributed by atoms with Crippen molar-refractivity contribution in [1.29, 1.82) is 0 Å². The molecule has 2 unspecified atom stereocenters. The van der Waals surface area contributed by atoms with Gasteiger partial charge in [-0.25, -0.2) is 4.31 Å². The molecular formula is C23H33N3O4S. The molecule has 0 fully saturated rings. The molecule has 170 valence electrons. The highest BCUT2D eigenvalue weighted by Gasteiger charge is 2.25. The molecule has 1 aromatic carbocycles.